The minimum Gasteiger partial charge on any atom is -0.343 e. The van der Waals surface area contributed by atoms with Crippen LogP contribution in [0.25, 0.3) is 11.1 Å². The molecule has 0 saturated heterocycles. The number of nitrogens with two attached hydrogens (primary N) is 3. The summed E-state index contributed by atoms with van der Waals surface area (Å²) in [7, 11) is 0. The third-order valence-corrected chi connectivity index (χ3v) is 4.10. The van der Waals surface area contributed by atoms with Gasteiger partial charge in [-0.3, -0.25) is 14.7 Å². The average molecular weight is 359 g/mol. The van der Waals surface area contributed by atoms with Gasteiger partial charge in [0.15, 0.2) is 0 Å². The van der Waals surface area contributed by atoms with Gasteiger partial charge in [-0.05, 0) is 50.1 Å². The van der Waals surface area contributed by atoms with E-state index in [0.717, 1.165) is 38.0 Å². The Morgan fingerprint density at radius 1 is 1.04 bits per heavy atom. The van der Waals surface area contributed by atoms with E-state index in [0.29, 0.717) is 24.6 Å². The van der Waals surface area contributed by atoms with Crippen LogP contribution < -0.4 is 28.1 Å². The van der Waals surface area contributed by atoms with E-state index in [9.17, 15) is 4.79 Å². The summed E-state index contributed by atoms with van der Waals surface area (Å²) in [6, 6.07) is 7.97. The van der Waals surface area contributed by atoms with Gasteiger partial charge in [-0.2, -0.15) is 0 Å². The molecule has 1 aromatic heterocycles. The molecule has 1 aromatic carbocycles. The molecule has 142 valence electrons. The maximum atomic E-state index is 12.2. The summed E-state index contributed by atoms with van der Waals surface area (Å²) in [5.74, 6) is 0.369. The van der Waals surface area contributed by atoms with Gasteiger partial charge in [0.2, 0.25) is 5.95 Å². The molecule has 0 saturated carbocycles. The Morgan fingerprint density at radius 2 is 1.69 bits per heavy atom. The zero-order valence-electron chi connectivity index (χ0n) is 15.1. The predicted molar refractivity (Wildman–Crippen MR) is 106 cm³/mol. The molecular weight excluding hydrogens is 330 g/mol. The van der Waals surface area contributed by atoms with Crippen LogP contribution >= 0.6 is 0 Å². The molecule has 8 heteroatoms. The second-order valence-electron chi connectivity index (χ2n) is 6.11. The van der Waals surface area contributed by atoms with Crippen molar-refractivity contribution in [3.05, 3.63) is 46.4 Å². The van der Waals surface area contributed by atoms with E-state index in [2.05, 4.69) is 20.2 Å². The van der Waals surface area contributed by atoms with Crippen LogP contribution in [0.2, 0.25) is 0 Å². The number of nitrogens with one attached hydrogen (secondary N) is 2. The number of nitrogens with zero attached hydrogens (tertiary/aromatic N) is 2. The van der Waals surface area contributed by atoms with Crippen molar-refractivity contribution < 1.29 is 0 Å². The van der Waals surface area contributed by atoms with Crippen molar-refractivity contribution in [1.82, 2.24) is 14.9 Å². The zero-order chi connectivity index (χ0) is 18.8. The van der Waals surface area contributed by atoms with E-state index >= 15 is 0 Å². The van der Waals surface area contributed by atoms with Gasteiger partial charge in [-0.1, -0.05) is 24.3 Å². The number of anilines is 1. The van der Waals surface area contributed by atoms with Gasteiger partial charge in [0, 0.05) is 12.7 Å². The van der Waals surface area contributed by atoms with Crippen LogP contribution in [0.3, 0.4) is 0 Å². The largest absolute Gasteiger partial charge is 0.343 e. The van der Waals surface area contributed by atoms with E-state index in [4.69, 9.17) is 17.2 Å². The number of hydrogen-bond acceptors (Lipinski definition) is 7. The Kier molecular flexibility index (Phi) is 8.23. The minimum absolute atomic E-state index is 0.198. The summed E-state index contributed by atoms with van der Waals surface area (Å²) >= 11 is 0. The fraction of sp³-hybridized carbons (Fsp3) is 0.444. The molecule has 8 N–H and O–H groups in total. The molecule has 8 nitrogen and oxygen atoms in total. The summed E-state index contributed by atoms with van der Waals surface area (Å²) in [6.07, 6.45) is 3.49. The van der Waals surface area contributed by atoms with Crippen LogP contribution in [0.1, 0.15) is 18.4 Å². The summed E-state index contributed by atoms with van der Waals surface area (Å²) in [4.78, 5) is 21.4. The highest BCUT2D eigenvalue weighted by atomic mass is 16.1. The first-order valence-corrected chi connectivity index (χ1v) is 8.93. The fourth-order valence-corrected chi connectivity index (χ4v) is 2.73. The van der Waals surface area contributed by atoms with Gasteiger partial charge in [-0.25, -0.2) is 4.98 Å². The van der Waals surface area contributed by atoms with Crippen molar-refractivity contribution in [2.75, 3.05) is 38.2 Å². The van der Waals surface area contributed by atoms with Crippen LogP contribution in [-0.2, 0) is 6.54 Å². The van der Waals surface area contributed by atoms with Crippen molar-refractivity contribution in [1.29, 1.82) is 0 Å². The lowest BCUT2D eigenvalue weighted by atomic mass is 10.1. The number of H-pyrrole nitrogens is 1. The summed E-state index contributed by atoms with van der Waals surface area (Å²) in [5.41, 5.74) is 19.0. The maximum absolute atomic E-state index is 12.2. The minimum atomic E-state index is -0.198. The van der Waals surface area contributed by atoms with Gasteiger partial charge in [0.1, 0.15) is 0 Å². The SMILES string of the molecule is NCCCN(CCCN)Cc1ccc(-c2cnc(NCN)[nH]c2=O)cc1. The number of aromatic amines is 1. The molecular formula is C18H29N7O. The van der Waals surface area contributed by atoms with Crippen molar-refractivity contribution in [2.24, 2.45) is 17.2 Å². The van der Waals surface area contributed by atoms with Crippen LogP contribution in [0.4, 0.5) is 5.95 Å². The highest BCUT2D eigenvalue weighted by Gasteiger charge is 2.08. The first kappa shape index (κ1) is 20.1. The maximum Gasteiger partial charge on any atom is 0.260 e. The third kappa shape index (κ3) is 5.92. The molecule has 0 aliphatic rings. The monoisotopic (exact) mass is 359 g/mol. The smallest absolute Gasteiger partial charge is 0.260 e. The Bertz CT molecular complexity index is 706. The molecule has 2 aromatic rings. The Balaban J connectivity index is 2.08. The first-order valence-electron chi connectivity index (χ1n) is 8.93. The molecule has 26 heavy (non-hydrogen) atoms. The topological polar surface area (TPSA) is 139 Å². The molecule has 0 unspecified atom stereocenters. The lowest BCUT2D eigenvalue weighted by molar-refractivity contribution is 0.262. The number of benzene rings is 1. The molecule has 0 fully saturated rings. The van der Waals surface area contributed by atoms with E-state index < -0.39 is 0 Å². The summed E-state index contributed by atoms with van der Waals surface area (Å²) in [6.45, 7) is 4.33. The van der Waals surface area contributed by atoms with Crippen LogP contribution in [0, 0.1) is 0 Å². The van der Waals surface area contributed by atoms with Crippen LogP contribution in [0.5, 0.6) is 0 Å². The summed E-state index contributed by atoms with van der Waals surface area (Å²) in [5, 5.41) is 2.78. The highest BCUT2D eigenvalue weighted by Crippen LogP contribution is 2.17. The van der Waals surface area contributed by atoms with E-state index in [-0.39, 0.29) is 12.2 Å². The van der Waals surface area contributed by atoms with E-state index in [1.807, 2.05) is 24.3 Å². The molecule has 2 rings (SSSR count). The first-order chi connectivity index (χ1) is 12.7. The highest BCUT2D eigenvalue weighted by molar-refractivity contribution is 5.62. The molecule has 0 amide bonds. The second kappa shape index (κ2) is 10.7. The number of rotatable bonds is 11. The van der Waals surface area contributed by atoms with Crippen molar-refractivity contribution in [3.8, 4) is 11.1 Å². The normalized spacial score (nSPS) is 11.1. The van der Waals surface area contributed by atoms with Gasteiger partial charge in [0.05, 0.1) is 12.2 Å². The van der Waals surface area contributed by atoms with Crippen molar-refractivity contribution in [2.45, 2.75) is 19.4 Å². The lowest BCUT2D eigenvalue weighted by Gasteiger charge is -2.22. The molecule has 0 aliphatic heterocycles. The Labute approximate surface area is 153 Å². The van der Waals surface area contributed by atoms with Gasteiger partial charge >= 0.3 is 0 Å². The van der Waals surface area contributed by atoms with Crippen molar-refractivity contribution >= 4 is 5.95 Å². The third-order valence-electron chi connectivity index (χ3n) is 4.10. The Morgan fingerprint density at radius 3 is 2.23 bits per heavy atom. The second-order valence-corrected chi connectivity index (χ2v) is 6.11. The number of hydrogen-bond donors (Lipinski definition) is 5. The quantitative estimate of drug-likeness (QED) is 0.363. The van der Waals surface area contributed by atoms with Gasteiger partial charge in [0.25, 0.3) is 5.56 Å². The van der Waals surface area contributed by atoms with Gasteiger partial charge < -0.3 is 22.5 Å². The fourth-order valence-electron chi connectivity index (χ4n) is 2.73. The molecule has 0 bridgehead atoms. The molecule has 1 heterocycles. The van der Waals surface area contributed by atoms with E-state index in [1.165, 1.54) is 5.56 Å². The molecule has 0 radical (unpaired) electrons. The lowest BCUT2D eigenvalue weighted by Crippen LogP contribution is -2.28. The van der Waals surface area contributed by atoms with E-state index in [1.54, 1.807) is 6.20 Å². The number of aromatic nitrogens is 2. The van der Waals surface area contributed by atoms with Crippen LogP contribution in [-0.4, -0.2) is 47.7 Å². The van der Waals surface area contributed by atoms with Crippen LogP contribution in [0.15, 0.2) is 35.3 Å². The molecule has 0 atom stereocenters. The summed E-state index contributed by atoms with van der Waals surface area (Å²) < 4.78 is 0. The average Bonchev–Trinajstić information content (AvgIpc) is 2.65. The predicted octanol–water partition coefficient (Wildman–Crippen LogP) is 0.265. The standard InChI is InChI=1S/C18H29N7O/c19-7-1-9-25(10-2-8-20)12-14-3-5-15(6-4-14)16-11-22-18(23-13-21)24-17(16)26/h3-6,11H,1-2,7-10,12-13,19-21H2,(H2,22,23,24,26). The van der Waals surface area contributed by atoms with Crippen molar-refractivity contribution in [3.63, 3.8) is 0 Å². The zero-order valence-corrected chi connectivity index (χ0v) is 15.1. The Hall–Kier alpha value is -2.26. The van der Waals surface area contributed by atoms with Gasteiger partial charge in [-0.15, -0.1) is 0 Å². The molecule has 0 spiro atoms. The molecule has 0 aliphatic carbocycles.